The SMILES string of the molecule is [U].[U].[Y].[c-]1cc[c-]c(-c2[c-]cccc2)c1. The van der Waals surface area contributed by atoms with E-state index in [4.69, 9.17) is 0 Å². The van der Waals surface area contributed by atoms with Crippen LogP contribution in [0, 0.1) is 80.4 Å². The van der Waals surface area contributed by atoms with Gasteiger partial charge in [0.15, 0.2) is 0 Å². The Morgan fingerprint density at radius 1 is 0.800 bits per heavy atom. The molecule has 0 N–H and O–H groups in total. The number of hydrogen-bond acceptors (Lipinski definition) is 0. The molecule has 0 spiro atoms. The summed E-state index contributed by atoms with van der Waals surface area (Å²) in [5.74, 6) is 0. The maximum absolute atomic E-state index is 3.13. The summed E-state index contributed by atoms with van der Waals surface area (Å²) in [6.07, 6.45) is 0. The first-order valence-electron chi connectivity index (χ1n) is 3.82. The van der Waals surface area contributed by atoms with Gasteiger partial charge in [0.1, 0.15) is 0 Å². The molecule has 0 aromatic heterocycles. The normalized spacial score (nSPS) is 7.73. The first-order valence-corrected chi connectivity index (χ1v) is 3.82. The molecular weight excluding hydrogens is 709 g/mol. The van der Waals surface area contributed by atoms with E-state index in [0.29, 0.717) is 0 Å². The van der Waals surface area contributed by atoms with Crippen molar-refractivity contribution in [3.05, 3.63) is 60.7 Å². The molecule has 0 saturated heterocycles. The van der Waals surface area contributed by atoms with Gasteiger partial charge in [-0.1, -0.05) is 0 Å². The third-order valence-corrected chi connectivity index (χ3v) is 1.65. The van der Waals surface area contributed by atoms with Crippen molar-refractivity contribution in [2.75, 3.05) is 0 Å². The van der Waals surface area contributed by atoms with Gasteiger partial charge < -0.3 is 0 Å². The van der Waals surface area contributed by atoms with Crippen LogP contribution in [-0.2, 0) is 32.7 Å². The molecule has 0 aliphatic carbocycles. The van der Waals surface area contributed by atoms with E-state index >= 15 is 0 Å². The maximum atomic E-state index is 3.13. The van der Waals surface area contributed by atoms with Crippen LogP contribution in [0.15, 0.2) is 42.5 Å². The van der Waals surface area contributed by atoms with Gasteiger partial charge in [-0.2, -0.15) is 24.3 Å². The molecule has 0 nitrogen and oxygen atoms in total. The summed E-state index contributed by atoms with van der Waals surface area (Å²) in [4.78, 5) is 0. The Labute approximate surface area is 164 Å². The van der Waals surface area contributed by atoms with E-state index in [9.17, 15) is 0 Å². The fourth-order valence-corrected chi connectivity index (χ4v) is 1.07. The van der Waals surface area contributed by atoms with Crippen molar-refractivity contribution >= 4 is 0 Å². The zero-order valence-electron chi connectivity index (χ0n) is 8.12. The van der Waals surface area contributed by atoms with Crippen molar-refractivity contribution in [3.8, 4) is 11.1 Å². The van der Waals surface area contributed by atoms with E-state index in [0.717, 1.165) is 11.1 Å². The second-order valence-corrected chi connectivity index (χ2v) is 2.48. The van der Waals surface area contributed by atoms with Crippen molar-refractivity contribution in [1.82, 2.24) is 0 Å². The molecule has 2 aromatic carbocycles. The van der Waals surface area contributed by atoms with Crippen LogP contribution < -0.4 is 0 Å². The monoisotopic (exact) mass is 716 g/mol. The van der Waals surface area contributed by atoms with Gasteiger partial charge in [0.2, 0.25) is 0 Å². The van der Waals surface area contributed by atoms with Crippen LogP contribution in [0.5, 0.6) is 0 Å². The van der Waals surface area contributed by atoms with Crippen LogP contribution in [0.3, 0.4) is 0 Å². The third-order valence-electron chi connectivity index (χ3n) is 1.65. The molecule has 0 fully saturated rings. The van der Waals surface area contributed by atoms with Gasteiger partial charge >= 0.3 is 0 Å². The minimum atomic E-state index is 0. The summed E-state index contributed by atoms with van der Waals surface area (Å²) >= 11 is 0. The van der Waals surface area contributed by atoms with E-state index in [-0.39, 0.29) is 94.9 Å². The van der Waals surface area contributed by atoms with Gasteiger partial charge in [0.25, 0.3) is 0 Å². The van der Waals surface area contributed by atoms with E-state index in [2.05, 4.69) is 18.2 Å². The Hall–Kier alpha value is 1.65. The summed E-state index contributed by atoms with van der Waals surface area (Å²) in [7, 11) is 0. The molecule has 0 atom stereocenters. The van der Waals surface area contributed by atoms with Crippen LogP contribution in [0.1, 0.15) is 0 Å². The second kappa shape index (κ2) is 10.8. The van der Waals surface area contributed by atoms with Crippen LogP contribution in [0.2, 0.25) is 0 Å². The topological polar surface area (TPSA) is 0 Å². The summed E-state index contributed by atoms with van der Waals surface area (Å²) in [5, 5.41) is 0. The molecule has 2 rings (SSSR count). The average Bonchev–Trinajstić information content (AvgIpc) is 2.21. The van der Waals surface area contributed by atoms with Gasteiger partial charge in [-0.15, -0.1) is 6.07 Å². The Balaban J connectivity index is 0. The summed E-state index contributed by atoms with van der Waals surface area (Å²) < 4.78 is 0. The molecule has 0 aliphatic rings. The average molecular weight is 716 g/mol. The quantitative estimate of drug-likeness (QED) is 0.399. The summed E-state index contributed by atoms with van der Waals surface area (Å²) in [6, 6.07) is 22.7. The van der Waals surface area contributed by atoms with Gasteiger partial charge in [0, 0.05) is 94.9 Å². The Morgan fingerprint density at radius 3 is 2.07 bits per heavy atom. The summed E-state index contributed by atoms with van der Waals surface area (Å²) in [5.41, 5.74) is 2.10. The van der Waals surface area contributed by atoms with Crippen LogP contribution in [-0.4, -0.2) is 0 Å². The molecule has 1 radical (unpaired) electrons. The van der Waals surface area contributed by atoms with Gasteiger partial charge in [-0.05, 0) is 0 Å². The minimum Gasteiger partial charge on any atom is -0.283 e. The Kier molecular flexibility index (Phi) is 13.7. The van der Waals surface area contributed by atoms with Gasteiger partial charge in [0.05, 0.1) is 0 Å². The number of rotatable bonds is 1. The van der Waals surface area contributed by atoms with Crippen molar-refractivity contribution in [2.24, 2.45) is 0 Å². The molecular formula is C12H7U2Y-3. The van der Waals surface area contributed by atoms with Crippen molar-refractivity contribution in [3.63, 3.8) is 0 Å². The molecule has 69 valence electrons. The molecule has 15 heavy (non-hydrogen) atoms. The van der Waals surface area contributed by atoms with E-state index < -0.39 is 0 Å². The smallest absolute Gasteiger partial charge is 0 e. The molecule has 0 amide bonds. The molecule has 2 aromatic rings. The molecule has 0 heterocycles. The Bertz CT molecular complexity index is 311. The van der Waals surface area contributed by atoms with Gasteiger partial charge in [-0.3, -0.25) is 29.8 Å². The van der Waals surface area contributed by atoms with E-state index in [1.165, 1.54) is 0 Å². The van der Waals surface area contributed by atoms with Crippen LogP contribution >= 0.6 is 0 Å². The predicted molar refractivity (Wildman–Crippen MR) is 48.4 cm³/mol. The maximum Gasteiger partial charge on any atom is 0 e. The first kappa shape index (κ1) is 19.0. The van der Waals surface area contributed by atoms with Crippen molar-refractivity contribution in [1.29, 1.82) is 0 Å². The molecule has 0 bridgehead atoms. The van der Waals surface area contributed by atoms with E-state index in [1.807, 2.05) is 42.5 Å². The second-order valence-electron chi connectivity index (χ2n) is 2.48. The molecule has 3 heteroatoms. The zero-order valence-corrected chi connectivity index (χ0v) is 19.3. The third kappa shape index (κ3) is 6.22. The number of hydrogen-bond donors (Lipinski definition) is 0. The zero-order chi connectivity index (χ0) is 8.23. The Morgan fingerprint density at radius 2 is 1.53 bits per heavy atom. The van der Waals surface area contributed by atoms with Crippen LogP contribution in [0.25, 0.3) is 11.1 Å². The van der Waals surface area contributed by atoms with E-state index in [1.54, 1.807) is 0 Å². The molecule has 0 aliphatic heterocycles. The fourth-order valence-electron chi connectivity index (χ4n) is 1.07. The molecule has 0 saturated carbocycles. The fraction of sp³-hybridized carbons (Fsp3) is 0. The molecule has 0 unspecified atom stereocenters. The first-order chi connectivity index (χ1) is 5.97. The van der Waals surface area contributed by atoms with Crippen LogP contribution in [0.4, 0.5) is 0 Å². The largest absolute Gasteiger partial charge is 0.283 e. The predicted octanol–water partition coefficient (Wildman–Crippen LogP) is 2.75. The number of benzene rings is 2. The standard InChI is InChI=1S/C12H7.2U.Y/c1-3-7-11(8-4-1)12-9-5-2-6-10-12;;;/h1-5,7,10H;;;/q-3;;;. The minimum absolute atomic E-state index is 0. The van der Waals surface area contributed by atoms with Crippen molar-refractivity contribution < 1.29 is 94.9 Å². The van der Waals surface area contributed by atoms with Gasteiger partial charge in [-0.25, -0.2) is 11.6 Å². The summed E-state index contributed by atoms with van der Waals surface area (Å²) in [6.45, 7) is 0. The van der Waals surface area contributed by atoms with Crippen molar-refractivity contribution in [2.45, 2.75) is 0 Å².